The van der Waals surface area contributed by atoms with Crippen LogP contribution in [0.2, 0.25) is 0 Å². The van der Waals surface area contributed by atoms with Crippen LogP contribution in [0.25, 0.3) is 16.7 Å². The Morgan fingerprint density at radius 1 is 1.13 bits per heavy atom. The summed E-state index contributed by atoms with van der Waals surface area (Å²) in [7, 11) is 3.29. The summed E-state index contributed by atoms with van der Waals surface area (Å²) in [5.41, 5.74) is 6.88. The van der Waals surface area contributed by atoms with Crippen molar-refractivity contribution in [1.29, 1.82) is 0 Å². The number of aryl methyl sites for hydroxylation is 1. The van der Waals surface area contributed by atoms with Crippen LogP contribution in [0.1, 0.15) is 12.2 Å². The first kappa shape index (κ1) is 19.4. The van der Waals surface area contributed by atoms with Crippen LogP contribution in [0.3, 0.4) is 0 Å². The molecule has 154 valence electrons. The summed E-state index contributed by atoms with van der Waals surface area (Å²) < 4.78 is 8.59. The fraction of sp³-hybridized carbons (Fsp3) is 0.238. The summed E-state index contributed by atoms with van der Waals surface area (Å²) in [5.74, 6) is 1.46. The first-order chi connectivity index (χ1) is 14.5. The van der Waals surface area contributed by atoms with Gasteiger partial charge in [0.2, 0.25) is 11.7 Å². The predicted molar refractivity (Wildman–Crippen MR) is 114 cm³/mol. The molecule has 2 aromatic carbocycles. The number of methoxy groups -OCH3 is 1. The number of nitrogens with zero attached hydrogens (tertiary/aromatic N) is 5. The van der Waals surface area contributed by atoms with Crippen molar-refractivity contribution in [2.24, 2.45) is 12.8 Å². The van der Waals surface area contributed by atoms with Crippen molar-refractivity contribution in [3.05, 3.63) is 64.7 Å². The monoisotopic (exact) mass is 406 g/mol. The molecule has 2 heterocycles. The molecule has 0 atom stereocenters. The van der Waals surface area contributed by atoms with Crippen molar-refractivity contribution >= 4 is 28.3 Å². The highest BCUT2D eigenvalue weighted by atomic mass is 16.5. The van der Waals surface area contributed by atoms with E-state index in [1.54, 1.807) is 20.2 Å². The zero-order valence-corrected chi connectivity index (χ0v) is 16.8. The Labute approximate surface area is 172 Å². The van der Waals surface area contributed by atoms with Gasteiger partial charge in [-0.05, 0) is 36.4 Å². The third-order valence-electron chi connectivity index (χ3n) is 5.09. The molecular formula is C21H22N6O3. The van der Waals surface area contributed by atoms with Crippen molar-refractivity contribution < 1.29 is 9.53 Å². The number of fused-ring (bicyclic) bond motifs is 3. The SMILES string of the molecule is COc1ccc(N(CCC(N)=O)Cc2nnc3n(C)c(=O)c4ccccc4n23)cc1. The van der Waals surface area contributed by atoms with Gasteiger partial charge in [-0.3, -0.25) is 18.6 Å². The number of aromatic nitrogens is 4. The van der Waals surface area contributed by atoms with Crippen molar-refractivity contribution in [2.45, 2.75) is 13.0 Å². The second-order valence-electron chi connectivity index (χ2n) is 6.97. The Morgan fingerprint density at radius 3 is 2.57 bits per heavy atom. The number of nitrogens with two attached hydrogens (primary N) is 1. The Balaban J connectivity index is 1.81. The van der Waals surface area contributed by atoms with Gasteiger partial charge in [-0.2, -0.15) is 0 Å². The number of primary amides is 1. The summed E-state index contributed by atoms with van der Waals surface area (Å²) in [6.45, 7) is 0.795. The van der Waals surface area contributed by atoms with Gasteiger partial charge in [0.05, 0.1) is 24.6 Å². The van der Waals surface area contributed by atoms with Crippen LogP contribution < -0.4 is 20.9 Å². The van der Waals surface area contributed by atoms with E-state index >= 15 is 0 Å². The van der Waals surface area contributed by atoms with Crippen LogP contribution in [0.5, 0.6) is 5.75 Å². The van der Waals surface area contributed by atoms with Crippen molar-refractivity contribution in [2.75, 3.05) is 18.6 Å². The molecule has 0 unspecified atom stereocenters. The quantitative estimate of drug-likeness (QED) is 0.498. The number of amides is 1. The number of rotatable bonds is 7. The third-order valence-corrected chi connectivity index (χ3v) is 5.09. The maximum Gasteiger partial charge on any atom is 0.262 e. The van der Waals surface area contributed by atoms with Crippen LogP contribution >= 0.6 is 0 Å². The second-order valence-corrected chi connectivity index (χ2v) is 6.97. The molecule has 0 bridgehead atoms. The molecule has 0 aliphatic carbocycles. The largest absolute Gasteiger partial charge is 0.497 e. The normalized spacial score (nSPS) is 11.1. The minimum Gasteiger partial charge on any atom is -0.497 e. The molecular weight excluding hydrogens is 384 g/mol. The molecule has 2 N–H and O–H groups in total. The van der Waals surface area contributed by atoms with E-state index in [9.17, 15) is 9.59 Å². The molecule has 0 saturated carbocycles. The van der Waals surface area contributed by atoms with Crippen molar-refractivity contribution in [3.8, 4) is 5.75 Å². The lowest BCUT2D eigenvalue weighted by Gasteiger charge is -2.24. The molecule has 0 radical (unpaired) electrons. The first-order valence-corrected chi connectivity index (χ1v) is 9.48. The number of para-hydroxylation sites is 1. The summed E-state index contributed by atoms with van der Waals surface area (Å²) >= 11 is 0. The number of anilines is 1. The summed E-state index contributed by atoms with van der Waals surface area (Å²) in [5, 5.41) is 9.17. The number of carbonyl (C=O) groups excluding carboxylic acids is 1. The standard InChI is InChI=1S/C21H22N6O3/c1-25-20(29)16-5-3-4-6-17(16)27-19(23-24-21(25)27)13-26(12-11-18(22)28)14-7-9-15(30-2)10-8-14/h3-10H,11-13H2,1-2H3,(H2,22,28). The smallest absolute Gasteiger partial charge is 0.262 e. The third kappa shape index (κ3) is 3.45. The van der Waals surface area contributed by atoms with E-state index in [1.165, 1.54) is 4.57 Å². The van der Waals surface area contributed by atoms with E-state index in [0.29, 0.717) is 30.1 Å². The summed E-state index contributed by atoms with van der Waals surface area (Å²) in [4.78, 5) is 26.1. The highest BCUT2D eigenvalue weighted by Gasteiger charge is 2.18. The Hall–Kier alpha value is -3.88. The molecule has 0 spiro atoms. The van der Waals surface area contributed by atoms with Gasteiger partial charge in [0.25, 0.3) is 5.56 Å². The van der Waals surface area contributed by atoms with E-state index in [1.807, 2.05) is 51.8 Å². The maximum absolute atomic E-state index is 12.6. The van der Waals surface area contributed by atoms with Gasteiger partial charge in [-0.25, -0.2) is 0 Å². The van der Waals surface area contributed by atoms with Crippen molar-refractivity contribution in [3.63, 3.8) is 0 Å². The van der Waals surface area contributed by atoms with Gasteiger partial charge in [0.1, 0.15) is 5.75 Å². The number of hydrogen-bond acceptors (Lipinski definition) is 6. The lowest BCUT2D eigenvalue weighted by atomic mass is 10.2. The molecule has 0 aliphatic rings. The molecule has 1 amide bonds. The average Bonchev–Trinajstić information content (AvgIpc) is 3.19. The van der Waals surface area contributed by atoms with Crippen LogP contribution in [0.15, 0.2) is 53.3 Å². The van der Waals surface area contributed by atoms with E-state index in [-0.39, 0.29) is 17.9 Å². The number of benzene rings is 2. The number of hydrogen-bond donors (Lipinski definition) is 1. The van der Waals surface area contributed by atoms with Crippen LogP contribution in [0, 0.1) is 0 Å². The van der Waals surface area contributed by atoms with Gasteiger partial charge in [-0.15, -0.1) is 10.2 Å². The van der Waals surface area contributed by atoms with Gasteiger partial charge >= 0.3 is 0 Å². The minimum absolute atomic E-state index is 0.127. The highest BCUT2D eigenvalue weighted by molar-refractivity contribution is 5.80. The van der Waals surface area contributed by atoms with E-state index < -0.39 is 0 Å². The van der Waals surface area contributed by atoms with Crippen LogP contribution in [-0.2, 0) is 18.4 Å². The fourth-order valence-corrected chi connectivity index (χ4v) is 3.50. The van der Waals surface area contributed by atoms with Crippen LogP contribution in [-0.4, -0.2) is 38.7 Å². The lowest BCUT2D eigenvalue weighted by molar-refractivity contribution is -0.117. The molecule has 2 aromatic heterocycles. The zero-order chi connectivity index (χ0) is 21.3. The van der Waals surface area contributed by atoms with Crippen LogP contribution in [0.4, 0.5) is 5.69 Å². The molecule has 9 nitrogen and oxygen atoms in total. The number of ether oxygens (including phenoxy) is 1. The Morgan fingerprint density at radius 2 is 1.87 bits per heavy atom. The topological polar surface area (TPSA) is 108 Å². The first-order valence-electron chi connectivity index (χ1n) is 9.48. The van der Waals surface area contributed by atoms with Gasteiger partial charge in [0.15, 0.2) is 5.82 Å². The van der Waals surface area contributed by atoms with Crippen molar-refractivity contribution in [1.82, 2.24) is 19.2 Å². The Bertz CT molecular complexity index is 1280. The summed E-state index contributed by atoms with van der Waals surface area (Å²) in [6.07, 6.45) is 0.196. The van der Waals surface area contributed by atoms with Gasteiger partial charge < -0.3 is 15.4 Å². The van der Waals surface area contributed by atoms with E-state index in [0.717, 1.165) is 17.0 Å². The molecule has 30 heavy (non-hydrogen) atoms. The molecule has 0 saturated heterocycles. The molecule has 4 aromatic rings. The predicted octanol–water partition coefficient (Wildman–Crippen LogP) is 1.47. The molecule has 0 aliphatic heterocycles. The highest BCUT2D eigenvalue weighted by Crippen LogP contribution is 2.22. The average molecular weight is 406 g/mol. The van der Waals surface area contributed by atoms with Gasteiger partial charge in [0, 0.05) is 25.7 Å². The Kier molecular flexibility index (Phi) is 5.09. The summed E-state index contributed by atoms with van der Waals surface area (Å²) in [6, 6.07) is 14.9. The zero-order valence-electron chi connectivity index (χ0n) is 16.8. The molecule has 4 rings (SSSR count). The maximum atomic E-state index is 12.6. The van der Waals surface area contributed by atoms with Gasteiger partial charge in [-0.1, -0.05) is 12.1 Å². The number of carbonyl (C=O) groups is 1. The lowest BCUT2D eigenvalue weighted by Crippen LogP contribution is -2.29. The molecule has 9 heteroatoms. The fourth-order valence-electron chi connectivity index (χ4n) is 3.50. The van der Waals surface area contributed by atoms with E-state index in [2.05, 4.69) is 10.2 Å². The van der Waals surface area contributed by atoms with E-state index in [4.69, 9.17) is 10.5 Å². The molecule has 0 fully saturated rings. The minimum atomic E-state index is -0.382. The second kappa shape index (κ2) is 7.86.